The van der Waals surface area contributed by atoms with E-state index in [4.69, 9.17) is 0 Å². The fourth-order valence-corrected chi connectivity index (χ4v) is 2.88. The molecule has 0 saturated heterocycles. The van der Waals surface area contributed by atoms with Gasteiger partial charge in [0.25, 0.3) is 5.91 Å². The normalized spacial score (nSPS) is 10.9. The van der Waals surface area contributed by atoms with Crippen LogP contribution in [0.4, 0.5) is 5.82 Å². The number of aryl methyl sites for hydroxylation is 3. The predicted molar refractivity (Wildman–Crippen MR) is 89.3 cm³/mol. The summed E-state index contributed by atoms with van der Waals surface area (Å²) in [5.41, 5.74) is 3.86. The van der Waals surface area contributed by atoms with Gasteiger partial charge in [-0.2, -0.15) is 0 Å². The Morgan fingerprint density at radius 1 is 1.23 bits per heavy atom. The van der Waals surface area contributed by atoms with Gasteiger partial charge < -0.3 is 9.88 Å². The number of anilines is 1. The molecule has 3 rings (SSSR count). The number of nitrogens with one attached hydrogen (secondary N) is 1. The molecule has 3 aromatic rings. The zero-order valence-electron chi connectivity index (χ0n) is 13.1. The first-order valence-corrected chi connectivity index (χ1v) is 7.43. The number of fused-ring (bicyclic) bond motifs is 1. The third kappa shape index (κ3) is 2.37. The van der Waals surface area contributed by atoms with E-state index in [1.165, 1.54) is 0 Å². The Morgan fingerprint density at radius 2 is 2.00 bits per heavy atom. The standard InChI is InChI=1S/C18H19N3O/c1-4-21-15-8-6-5-7-14(15)13(3)17(21)18(22)20-16-11-12(2)9-10-19-16/h5-11H,4H2,1-3H3,(H,19,20,22). The van der Waals surface area contributed by atoms with E-state index in [0.29, 0.717) is 11.5 Å². The minimum atomic E-state index is -0.117. The SMILES string of the molecule is CCn1c(C(=O)Nc2cc(C)ccn2)c(C)c2ccccc21. The zero-order valence-corrected chi connectivity index (χ0v) is 13.1. The van der Waals surface area contributed by atoms with E-state index >= 15 is 0 Å². The van der Waals surface area contributed by atoms with Gasteiger partial charge in [0.2, 0.25) is 0 Å². The first kappa shape index (κ1) is 14.3. The van der Waals surface area contributed by atoms with Crippen LogP contribution >= 0.6 is 0 Å². The van der Waals surface area contributed by atoms with Crippen molar-refractivity contribution in [3.63, 3.8) is 0 Å². The summed E-state index contributed by atoms with van der Waals surface area (Å²) >= 11 is 0. The monoisotopic (exact) mass is 293 g/mol. The average molecular weight is 293 g/mol. The highest BCUT2D eigenvalue weighted by Crippen LogP contribution is 2.26. The molecule has 0 fully saturated rings. The fraction of sp³-hybridized carbons (Fsp3) is 0.222. The van der Waals surface area contributed by atoms with Crippen LogP contribution in [0.15, 0.2) is 42.6 Å². The largest absolute Gasteiger partial charge is 0.337 e. The van der Waals surface area contributed by atoms with Crippen LogP contribution in [-0.4, -0.2) is 15.5 Å². The molecule has 1 amide bonds. The Labute approximate surface area is 129 Å². The van der Waals surface area contributed by atoms with Gasteiger partial charge in [0.05, 0.1) is 0 Å². The molecule has 2 heterocycles. The molecule has 0 saturated carbocycles. The number of nitrogens with zero attached hydrogens (tertiary/aromatic N) is 2. The molecule has 4 nitrogen and oxygen atoms in total. The fourth-order valence-electron chi connectivity index (χ4n) is 2.88. The molecule has 2 aromatic heterocycles. The Morgan fingerprint density at radius 3 is 2.73 bits per heavy atom. The number of aromatic nitrogens is 2. The van der Waals surface area contributed by atoms with Crippen molar-refractivity contribution in [3.8, 4) is 0 Å². The van der Waals surface area contributed by atoms with Gasteiger partial charge in [0.1, 0.15) is 11.5 Å². The second-order valence-electron chi connectivity index (χ2n) is 5.41. The van der Waals surface area contributed by atoms with Gasteiger partial charge in [0, 0.05) is 23.6 Å². The maximum atomic E-state index is 12.7. The van der Waals surface area contributed by atoms with Gasteiger partial charge in [-0.1, -0.05) is 18.2 Å². The van der Waals surface area contributed by atoms with Crippen LogP contribution in [0.25, 0.3) is 10.9 Å². The van der Waals surface area contributed by atoms with E-state index in [1.54, 1.807) is 6.20 Å². The first-order valence-electron chi connectivity index (χ1n) is 7.43. The van der Waals surface area contributed by atoms with Crippen molar-refractivity contribution in [2.45, 2.75) is 27.3 Å². The lowest BCUT2D eigenvalue weighted by Crippen LogP contribution is -2.18. The van der Waals surface area contributed by atoms with Crippen LogP contribution in [0.5, 0.6) is 0 Å². The maximum absolute atomic E-state index is 12.7. The summed E-state index contributed by atoms with van der Waals surface area (Å²) in [5.74, 6) is 0.464. The van der Waals surface area contributed by atoms with Gasteiger partial charge in [-0.25, -0.2) is 4.98 Å². The quantitative estimate of drug-likeness (QED) is 0.795. The molecule has 1 aromatic carbocycles. The Bertz CT molecular complexity index is 849. The molecule has 0 unspecified atom stereocenters. The number of para-hydroxylation sites is 1. The Kier molecular flexibility index (Phi) is 3.67. The highest BCUT2D eigenvalue weighted by Gasteiger charge is 2.19. The summed E-state index contributed by atoms with van der Waals surface area (Å²) in [5, 5.41) is 4.02. The van der Waals surface area contributed by atoms with Gasteiger partial charge in [-0.3, -0.25) is 4.79 Å². The third-order valence-electron chi connectivity index (χ3n) is 3.91. The van der Waals surface area contributed by atoms with E-state index in [9.17, 15) is 4.79 Å². The van der Waals surface area contributed by atoms with Crippen molar-refractivity contribution in [2.24, 2.45) is 0 Å². The van der Waals surface area contributed by atoms with E-state index < -0.39 is 0 Å². The van der Waals surface area contributed by atoms with Crippen LogP contribution in [0.3, 0.4) is 0 Å². The molecule has 0 bridgehead atoms. The second-order valence-corrected chi connectivity index (χ2v) is 5.41. The summed E-state index contributed by atoms with van der Waals surface area (Å²) in [6.07, 6.45) is 1.70. The summed E-state index contributed by atoms with van der Waals surface area (Å²) in [6, 6.07) is 11.9. The Hall–Kier alpha value is -2.62. The van der Waals surface area contributed by atoms with E-state index in [0.717, 1.165) is 28.6 Å². The second kappa shape index (κ2) is 5.64. The van der Waals surface area contributed by atoms with Crippen LogP contribution in [0, 0.1) is 13.8 Å². The number of rotatable bonds is 3. The number of hydrogen-bond donors (Lipinski definition) is 1. The van der Waals surface area contributed by atoms with Crippen LogP contribution in [0.2, 0.25) is 0 Å². The molecule has 0 aliphatic rings. The lowest BCUT2D eigenvalue weighted by atomic mass is 10.1. The lowest BCUT2D eigenvalue weighted by molar-refractivity contribution is 0.101. The van der Waals surface area contributed by atoms with Gasteiger partial charge >= 0.3 is 0 Å². The third-order valence-corrected chi connectivity index (χ3v) is 3.91. The van der Waals surface area contributed by atoms with Gasteiger partial charge in [-0.05, 0) is 50.1 Å². The minimum absolute atomic E-state index is 0.117. The lowest BCUT2D eigenvalue weighted by Gasteiger charge is -2.09. The van der Waals surface area contributed by atoms with Crippen LogP contribution in [0.1, 0.15) is 28.5 Å². The number of amides is 1. The van der Waals surface area contributed by atoms with Crippen molar-refractivity contribution in [2.75, 3.05) is 5.32 Å². The van der Waals surface area contributed by atoms with Crippen molar-refractivity contribution in [1.29, 1.82) is 0 Å². The summed E-state index contributed by atoms with van der Waals surface area (Å²) in [6.45, 7) is 6.77. The summed E-state index contributed by atoms with van der Waals surface area (Å²) in [7, 11) is 0. The van der Waals surface area contributed by atoms with Crippen molar-refractivity contribution < 1.29 is 4.79 Å². The molecule has 22 heavy (non-hydrogen) atoms. The molecule has 0 spiro atoms. The predicted octanol–water partition coefficient (Wildman–Crippen LogP) is 3.93. The number of pyridine rings is 1. The van der Waals surface area contributed by atoms with Gasteiger partial charge in [-0.15, -0.1) is 0 Å². The topological polar surface area (TPSA) is 46.9 Å². The molecule has 0 aliphatic carbocycles. The highest BCUT2D eigenvalue weighted by atomic mass is 16.2. The molecule has 4 heteroatoms. The zero-order chi connectivity index (χ0) is 15.7. The van der Waals surface area contributed by atoms with Crippen molar-refractivity contribution in [3.05, 3.63) is 59.4 Å². The molecule has 0 radical (unpaired) electrons. The molecule has 1 N–H and O–H groups in total. The molecule has 0 aliphatic heterocycles. The summed E-state index contributed by atoms with van der Waals surface area (Å²) in [4.78, 5) is 16.9. The number of carbonyl (C=O) groups is 1. The smallest absolute Gasteiger partial charge is 0.273 e. The highest BCUT2D eigenvalue weighted by molar-refractivity contribution is 6.08. The molecule has 0 atom stereocenters. The molecular weight excluding hydrogens is 274 g/mol. The minimum Gasteiger partial charge on any atom is -0.337 e. The number of carbonyl (C=O) groups excluding carboxylic acids is 1. The number of hydrogen-bond acceptors (Lipinski definition) is 2. The van der Waals surface area contributed by atoms with E-state index in [1.807, 2.05) is 51.1 Å². The van der Waals surface area contributed by atoms with E-state index in [-0.39, 0.29) is 5.91 Å². The van der Waals surface area contributed by atoms with Crippen molar-refractivity contribution in [1.82, 2.24) is 9.55 Å². The van der Waals surface area contributed by atoms with E-state index in [2.05, 4.69) is 20.9 Å². The molecular formula is C18H19N3O. The molecule has 112 valence electrons. The van der Waals surface area contributed by atoms with Crippen LogP contribution in [-0.2, 0) is 6.54 Å². The Balaban J connectivity index is 2.05. The summed E-state index contributed by atoms with van der Waals surface area (Å²) < 4.78 is 2.05. The van der Waals surface area contributed by atoms with Crippen molar-refractivity contribution >= 4 is 22.6 Å². The maximum Gasteiger partial charge on any atom is 0.273 e. The average Bonchev–Trinajstić information content (AvgIpc) is 2.80. The van der Waals surface area contributed by atoms with Gasteiger partial charge in [0.15, 0.2) is 0 Å². The first-order chi connectivity index (χ1) is 10.6. The number of benzene rings is 1. The van der Waals surface area contributed by atoms with Crippen LogP contribution < -0.4 is 5.32 Å².